The molecule has 0 saturated carbocycles. The van der Waals surface area contributed by atoms with E-state index in [2.05, 4.69) is 46.4 Å². The molecule has 0 aliphatic carbocycles. The number of hydrogen-bond acceptors (Lipinski definition) is 2. The van der Waals surface area contributed by atoms with E-state index in [4.69, 9.17) is 16.7 Å². The van der Waals surface area contributed by atoms with E-state index in [1.54, 1.807) is 0 Å². The third kappa shape index (κ3) is 2.78. The molecule has 4 rings (SSSR count). The minimum atomic E-state index is 0.757. The van der Waals surface area contributed by atoms with Crippen molar-refractivity contribution in [2.45, 2.75) is 12.8 Å². The molecule has 1 aliphatic rings. The molecule has 0 radical (unpaired) electrons. The van der Waals surface area contributed by atoms with Crippen molar-refractivity contribution in [2.24, 2.45) is 0 Å². The van der Waals surface area contributed by atoms with Crippen molar-refractivity contribution in [1.29, 1.82) is 0 Å². The molecule has 2 heterocycles. The molecule has 23 heavy (non-hydrogen) atoms. The Balaban J connectivity index is 1.93. The summed E-state index contributed by atoms with van der Waals surface area (Å²) in [6, 6.07) is 18.4. The minimum absolute atomic E-state index is 0.757. The molecule has 0 bridgehead atoms. The van der Waals surface area contributed by atoms with Gasteiger partial charge in [0.25, 0.3) is 0 Å². The summed E-state index contributed by atoms with van der Waals surface area (Å²) in [6.07, 6.45) is 1.97. The summed E-state index contributed by atoms with van der Waals surface area (Å²) >= 11 is 6.07. The highest BCUT2D eigenvalue weighted by atomic mass is 35.5. The van der Waals surface area contributed by atoms with Crippen molar-refractivity contribution >= 4 is 11.6 Å². The monoisotopic (exact) mass is 323 g/mol. The number of nitrogens with one attached hydrogen (secondary N) is 1. The second-order valence-corrected chi connectivity index (χ2v) is 6.21. The van der Waals surface area contributed by atoms with Crippen LogP contribution in [-0.4, -0.2) is 22.9 Å². The molecule has 3 nitrogen and oxygen atoms in total. The van der Waals surface area contributed by atoms with Gasteiger partial charge in [-0.1, -0.05) is 41.9 Å². The Kier molecular flexibility index (Phi) is 3.90. The zero-order valence-corrected chi connectivity index (χ0v) is 13.6. The highest BCUT2D eigenvalue weighted by molar-refractivity contribution is 6.30. The molecule has 3 aromatic rings. The molecule has 0 spiro atoms. The Labute approximate surface area is 140 Å². The summed E-state index contributed by atoms with van der Waals surface area (Å²) < 4.78 is 2.08. The van der Waals surface area contributed by atoms with Crippen LogP contribution in [0.1, 0.15) is 11.3 Å². The average Bonchev–Trinajstić information content (AvgIpc) is 2.79. The lowest BCUT2D eigenvalue weighted by Gasteiger charge is -2.10. The fourth-order valence-corrected chi connectivity index (χ4v) is 3.29. The summed E-state index contributed by atoms with van der Waals surface area (Å²) in [6.45, 7) is 1.98. The lowest BCUT2D eigenvalue weighted by molar-refractivity contribution is 0.697. The third-order valence-electron chi connectivity index (χ3n) is 4.28. The van der Waals surface area contributed by atoms with Gasteiger partial charge in [0.2, 0.25) is 0 Å². The number of aromatic nitrogens is 2. The lowest BCUT2D eigenvalue weighted by Crippen LogP contribution is -2.17. The predicted octanol–water partition coefficient (Wildman–Crippen LogP) is 3.88. The zero-order chi connectivity index (χ0) is 15.6. The number of halogens is 1. The Bertz CT molecular complexity index is 807. The highest BCUT2D eigenvalue weighted by Gasteiger charge is 2.21. The largest absolute Gasteiger partial charge is 0.316 e. The SMILES string of the molecule is Clc1ccc(-c2c3c(nn2-c2ccccc2)CCNCC3)cc1. The van der Waals surface area contributed by atoms with Gasteiger partial charge in [-0.05, 0) is 37.2 Å². The minimum Gasteiger partial charge on any atom is -0.316 e. The average molecular weight is 324 g/mol. The lowest BCUT2D eigenvalue weighted by atomic mass is 10.0. The number of rotatable bonds is 2. The molecular formula is C19H18ClN3. The van der Waals surface area contributed by atoms with E-state index in [1.807, 2.05) is 18.2 Å². The van der Waals surface area contributed by atoms with Crippen LogP contribution in [0.2, 0.25) is 5.02 Å². The Morgan fingerprint density at radius 1 is 0.913 bits per heavy atom. The molecule has 0 saturated heterocycles. The van der Waals surface area contributed by atoms with Crippen molar-refractivity contribution in [2.75, 3.05) is 13.1 Å². The molecule has 116 valence electrons. The summed E-state index contributed by atoms with van der Waals surface area (Å²) in [4.78, 5) is 0. The fourth-order valence-electron chi connectivity index (χ4n) is 3.16. The smallest absolute Gasteiger partial charge is 0.0776 e. The molecule has 1 N–H and O–H groups in total. The molecule has 1 aromatic heterocycles. The van der Waals surface area contributed by atoms with Gasteiger partial charge in [0.05, 0.1) is 17.1 Å². The van der Waals surface area contributed by atoms with Crippen LogP contribution in [0.15, 0.2) is 54.6 Å². The van der Waals surface area contributed by atoms with Crippen molar-refractivity contribution in [3.8, 4) is 16.9 Å². The van der Waals surface area contributed by atoms with Gasteiger partial charge in [0.15, 0.2) is 0 Å². The van der Waals surface area contributed by atoms with Crippen LogP contribution >= 0.6 is 11.6 Å². The number of hydrogen-bond donors (Lipinski definition) is 1. The molecule has 1 aliphatic heterocycles. The predicted molar refractivity (Wildman–Crippen MR) is 94.3 cm³/mol. The second kappa shape index (κ2) is 6.19. The van der Waals surface area contributed by atoms with Crippen molar-refractivity contribution in [1.82, 2.24) is 15.1 Å². The molecular weight excluding hydrogens is 306 g/mol. The van der Waals surface area contributed by atoms with Crippen LogP contribution in [0.4, 0.5) is 0 Å². The molecule has 0 fully saturated rings. The highest BCUT2D eigenvalue weighted by Crippen LogP contribution is 2.31. The van der Waals surface area contributed by atoms with E-state index in [-0.39, 0.29) is 0 Å². The fraction of sp³-hybridized carbons (Fsp3) is 0.211. The van der Waals surface area contributed by atoms with Gasteiger partial charge < -0.3 is 5.32 Å². The van der Waals surface area contributed by atoms with Crippen molar-refractivity contribution in [3.05, 3.63) is 70.9 Å². The van der Waals surface area contributed by atoms with Crippen LogP contribution in [0.25, 0.3) is 16.9 Å². The Morgan fingerprint density at radius 2 is 1.65 bits per heavy atom. The zero-order valence-electron chi connectivity index (χ0n) is 12.8. The first-order valence-corrected chi connectivity index (χ1v) is 8.33. The van der Waals surface area contributed by atoms with E-state index in [0.717, 1.165) is 42.2 Å². The molecule has 0 unspecified atom stereocenters. The van der Waals surface area contributed by atoms with Crippen LogP contribution in [0.5, 0.6) is 0 Å². The second-order valence-electron chi connectivity index (χ2n) is 5.78. The van der Waals surface area contributed by atoms with Gasteiger partial charge in [-0.25, -0.2) is 4.68 Å². The van der Waals surface area contributed by atoms with Gasteiger partial charge in [0, 0.05) is 29.1 Å². The van der Waals surface area contributed by atoms with Crippen molar-refractivity contribution in [3.63, 3.8) is 0 Å². The van der Waals surface area contributed by atoms with E-state index >= 15 is 0 Å². The van der Waals surface area contributed by atoms with Crippen LogP contribution in [-0.2, 0) is 12.8 Å². The number of nitrogens with zero attached hydrogens (tertiary/aromatic N) is 2. The van der Waals surface area contributed by atoms with Gasteiger partial charge in [-0.3, -0.25) is 0 Å². The maximum Gasteiger partial charge on any atom is 0.0776 e. The van der Waals surface area contributed by atoms with Gasteiger partial charge >= 0.3 is 0 Å². The van der Waals surface area contributed by atoms with E-state index < -0.39 is 0 Å². The maximum atomic E-state index is 6.07. The third-order valence-corrected chi connectivity index (χ3v) is 4.53. The van der Waals surface area contributed by atoms with Gasteiger partial charge in [-0.2, -0.15) is 5.10 Å². The van der Waals surface area contributed by atoms with Gasteiger partial charge in [-0.15, -0.1) is 0 Å². The first kappa shape index (κ1) is 14.5. The number of benzene rings is 2. The van der Waals surface area contributed by atoms with E-state index in [1.165, 1.54) is 17.0 Å². The van der Waals surface area contributed by atoms with Crippen LogP contribution < -0.4 is 5.32 Å². The van der Waals surface area contributed by atoms with E-state index in [0.29, 0.717) is 0 Å². The molecule has 2 aromatic carbocycles. The quantitative estimate of drug-likeness (QED) is 0.775. The molecule has 0 amide bonds. The van der Waals surface area contributed by atoms with E-state index in [9.17, 15) is 0 Å². The summed E-state index contributed by atoms with van der Waals surface area (Å²) in [5, 5.41) is 9.14. The number of para-hydroxylation sites is 1. The normalized spacial score (nSPS) is 14.3. The summed E-state index contributed by atoms with van der Waals surface area (Å²) in [5.74, 6) is 0. The first-order chi connectivity index (χ1) is 11.3. The summed E-state index contributed by atoms with van der Waals surface area (Å²) in [7, 11) is 0. The summed E-state index contributed by atoms with van der Waals surface area (Å²) in [5.41, 5.74) is 5.99. The first-order valence-electron chi connectivity index (χ1n) is 7.96. The Hall–Kier alpha value is -2.10. The van der Waals surface area contributed by atoms with Crippen LogP contribution in [0, 0.1) is 0 Å². The topological polar surface area (TPSA) is 29.9 Å². The van der Waals surface area contributed by atoms with Crippen LogP contribution in [0.3, 0.4) is 0 Å². The Morgan fingerprint density at radius 3 is 2.43 bits per heavy atom. The molecule has 4 heteroatoms. The molecule has 0 atom stereocenters. The number of fused-ring (bicyclic) bond motifs is 1. The maximum absolute atomic E-state index is 6.07. The van der Waals surface area contributed by atoms with Crippen molar-refractivity contribution < 1.29 is 0 Å². The van der Waals surface area contributed by atoms with Gasteiger partial charge in [0.1, 0.15) is 0 Å². The standard InChI is InChI=1S/C19H18ClN3/c20-15-8-6-14(7-9-15)19-17-10-12-21-13-11-18(17)22-23(19)16-4-2-1-3-5-16/h1-9,21H,10-13H2.